The number of rotatable bonds is 3. The average molecular weight is 316 g/mol. The first-order chi connectivity index (χ1) is 10.3. The van der Waals surface area contributed by atoms with Crippen LogP contribution in [-0.2, 0) is 16.6 Å². The Bertz CT molecular complexity index is 873. The molecule has 0 unspecified atom stereocenters. The molecule has 0 saturated carbocycles. The minimum Gasteiger partial charge on any atom is -0.348 e. The third-order valence-corrected chi connectivity index (χ3v) is 4.19. The second kappa shape index (κ2) is 5.14. The molecule has 114 valence electrons. The highest BCUT2D eigenvalue weighted by Crippen LogP contribution is 2.29. The van der Waals surface area contributed by atoms with Gasteiger partial charge in [-0.15, -0.1) is 0 Å². The lowest BCUT2D eigenvalue weighted by atomic mass is 9.96. The summed E-state index contributed by atoms with van der Waals surface area (Å²) in [7, 11) is -3.31. The fourth-order valence-corrected chi connectivity index (χ4v) is 3.29. The summed E-state index contributed by atoms with van der Waals surface area (Å²) in [5.74, 6) is -0.0356. The van der Waals surface area contributed by atoms with Crippen molar-refractivity contribution in [2.75, 3.05) is 11.0 Å². The lowest BCUT2D eigenvalue weighted by molar-refractivity contribution is 0.0965. The molecule has 2 aromatic carbocycles. The standard InChI is InChI=1S/C16H16N2O3S/c1-10-6-12(7-13-9-17-16(19)15(10)13)11-4-3-5-14(8-11)18-22(2,20)21/h3-8,18H,9H2,1-2H3,(H,17,19). The van der Waals surface area contributed by atoms with E-state index in [0.717, 1.165) is 34.1 Å². The van der Waals surface area contributed by atoms with Crippen molar-refractivity contribution in [2.24, 2.45) is 0 Å². The number of amides is 1. The van der Waals surface area contributed by atoms with Gasteiger partial charge in [-0.05, 0) is 47.4 Å². The van der Waals surface area contributed by atoms with Gasteiger partial charge in [-0.25, -0.2) is 8.42 Å². The van der Waals surface area contributed by atoms with Gasteiger partial charge in [0.05, 0.1) is 6.26 Å². The largest absolute Gasteiger partial charge is 0.348 e. The van der Waals surface area contributed by atoms with Gasteiger partial charge in [-0.1, -0.05) is 18.2 Å². The Morgan fingerprint density at radius 1 is 1.14 bits per heavy atom. The number of carbonyl (C=O) groups excluding carboxylic acids is 1. The Morgan fingerprint density at radius 3 is 2.64 bits per heavy atom. The van der Waals surface area contributed by atoms with Crippen LogP contribution >= 0.6 is 0 Å². The summed E-state index contributed by atoms with van der Waals surface area (Å²) in [6.07, 6.45) is 1.12. The van der Waals surface area contributed by atoms with Crippen molar-refractivity contribution in [3.05, 3.63) is 53.1 Å². The number of fused-ring (bicyclic) bond motifs is 1. The van der Waals surface area contributed by atoms with E-state index in [1.54, 1.807) is 18.2 Å². The molecule has 0 atom stereocenters. The molecule has 6 heteroatoms. The Balaban J connectivity index is 2.04. The van der Waals surface area contributed by atoms with Crippen LogP contribution in [0.2, 0.25) is 0 Å². The zero-order valence-electron chi connectivity index (χ0n) is 12.3. The van der Waals surface area contributed by atoms with E-state index >= 15 is 0 Å². The molecule has 1 aliphatic heterocycles. The van der Waals surface area contributed by atoms with Crippen LogP contribution in [0.1, 0.15) is 21.5 Å². The van der Waals surface area contributed by atoms with Crippen molar-refractivity contribution >= 4 is 21.6 Å². The monoisotopic (exact) mass is 316 g/mol. The van der Waals surface area contributed by atoms with Crippen molar-refractivity contribution in [3.8, 4) is 11.1 Å². The van der Waals surface area contributed by atoms with Crippen molar-refractivity contribution < 1.29 is 13.2 Å². The molecule has 3 rings (SSSR count). The zero-order chi connectivity index (χ0) is 15.9. The van der Waals surface area contributed by atoms with E-state index in [1.165, 1.54) is 0 Å². The van der Waals surface area contributed by atoms with Gasteiger partial charge >= 0.3 is 0 Å². The van der Waals surface area contributed by atoms with E-state index in [9.17, 15) is 13.2 Å². The van der Waals surface area contributed by atoms with Gasteiger partial charge in [-0.3, -0.25) is 9.52 Å². The third kappa shape index (κ3) is 2.82. The molecule has 1 amide bonds. The lowest BCUT2D eigenvalue weighted by Gasteiger charge is -2.10. The van der Waals surface area contributed by atoms with Gasteiger partial charge < -0.3 is 5.32 Å². The molecule has 2 N–H and O–H groups in total. The summed E-state index contributed by atoms with van der Waals surface area (Å²) in [5.41, 5.74) is 5.02. The van der Waals surface area contributed by atoms with Crippen LogP contribution in [0.15, 0.2) is 36.4 Å². The molecule has 0 bridgehead atoms. The predicted molar refractivity (Wildman–Crippen MR) is 86.3 cm³/mol. The molecule has 0 saturated heterocycles. The summed E-state index contributed by atoms with van der Waals surface area (Å²) >= 11 is 0. The Hall–Kier alpha value is -2.34. The molecule has 0 aromatic heterocycles. The molecule has 1 heterocycles. The van der Waals surface area contributed by atoms with Gasteiger partial charge in [0, 0.05) is 17.8 Å². The van der Waals surface area contributed by atoms with E-state index in [-0.39, 0.29) is 5.91 Å². The first-order valence-electron chi connectivity index (χ1n) is 6.83. The number of anilines is 1. The number of sulfonamides is 1. The highest BCUT2D eigenvalue weighted by molar-refractivity contribution is 7.92. The molecule has 0 spiro atoms. The SMILES string of the molecule is Cc1cc(-c2cccc(NS(C)(=O)=O)c2)cc2c1C(=O)NC2. The van der Waals surface area contributed by atoms with E-state index in [4.69, 9.17) is 0 Å². The molecule has 22 heavy (non-hydrogen) atoms. The smallest absolute Gasteiger partial charge is 0.252 e. The second-order valence-corrected chi connectivity index (χ2v) is 7.21. The third-order valence-electron chi connectivity index (χ3n) is 3.58. The van der Waals surface area contributed by atoms with Gasteiger partial charge in [0.2, 0.25) is 10.0 Å². The van der Waals surface area contributed by atoms with Crippen molar-refractivity contribution in [1.82, 2.24) is 5.32 Å². The zero-order valence-corrected chi connectivity index (χ0v) is 13.1. The molecular weight excluding hydrogens is 300 g/mol. The summed E-state index contributed by atoms with van der Waals surface area (Å²) in [6, 6.07) is 11.1. The predicted octanol–water partition coefficient (Wildman–Crippen LogP) is 2.28. The van der Waals surface area contributed by atoms with Crippen LogP contribution in [0.4, 0.5) is 5.69 Å². The summed E-state index contributed by atoms with van der Waals surface area (Å²) < 4.78 is 25.1. The summed E-state index contributed by atoms with van der Waals surface area (Å²) in [6.45, 7) is 2.44. The molecule has 5 nitrogen and oxygen atoms in total. The van der Waals surface area contributed by atoms with E-state index < -0.39 is 10.0 Å². The molecular formula is C16H16N2O3S. The maximum absolute atomic E-state index is 11.8. The number of nitrogens with one attached hydrogen (secondary N) is 2. The van der Waals surface area contributed by atoms with E-state index in [0.29, 0.717) is 12.2 Å². The van der Waals surface area contributed by atoms with Crippen LogP contribution in [0.5, 0.6) is 0 Å². The highest BCUT2D eigenvalue weighted by Gasteiger charge is 2.21. The lowest BCUT2D eigenvalue weighted by Crippen LogP contribution is -2.13. The maximum Gasteiger partial charge on any atom is 0.252 e. The molecule has 1 aliphatic rings. The molecule has 0 fully saturated rings. The Labute approximate surface area is 129 Å². The first kappa shape index (κ1) is 14.6. The van der Waals surface area contributed by atoms with E-state index in [1.807, 2.05) is 25.1 Å². The summed E-state index contributed by atoms with van der Waals surface area (Å²) in [4.78, 5) is 11.8. The van der Waals surface area contributed by atoms with E-state index in [2.05, 4.69) is 10.0 Å². The number of aryl methyl sites for hydroxylation is 1. The molecule has 0 radical (unpaired) electrons. The number of carbonyl (C=O) groups is 1. The van der Waals surface area contributed by atoms with Crippen LogP contribution in [-0.4, -0.2) is 20.6 Å². The van der Waals surface area contributed by atoms with Crippen molar-refractivity contribution in [2.45, 2.75) is 13.5 Å². The van der Waals surface area contributed by atoms with Crippen molar-refractivity contribution in [3.63, 3.8) is 0 Å². The minimum absolute atomic E-state index is 0.0356. The summed E-state index contributed by atoms with van der Waals surface area (Å²) in [5, 5.41) is 2.82. The fourth-order valence-electron chi connectivity index (χ4n) is 2.73. The fraction of sp³-hybridized carbons (Fsp3) is 0.188. The average Bonchev–Trinajstić information content (AvgIpc) is 2.79. The topological polar surface area (TPSA) is 75.3 Å². The van der Waals surface area contributed by atoms with Crippen LogP contribution in [0, 0.1) is 6.92 Å². The van der Waals surface area contributed by atoms with Gasteiger partial charge in [-0.2, -0.15) is 0 Å². The van der Waals surface area contributed by atoms with Gasteiger partial charge in [0.25, 0.3) is 5.91 Å². The molecule has 2 aromatic rings. The molecule has 0 aliphatic carbocycles. The normalized spacial score (nSPS) is 13.6. The van der Waals surface area contributed by atoms with Crippen LogP contribution < -0.4 is 10.0 Å². The van der Waals surface area contributed by atoms with Gasteiger partial charge in [0.1, 0.15) is 0 Å². The Kier molecular flexibility index (Phi) is 3.41. The Morgan fingerprint density at radius 2 is 1.91 bits per heavy atom. The maximum atomic E-state index is 11.8. The first-order valence-corrected chi connectivity index (χ1v) is 8.72. The quantitative estimate of drug-likeness (QED) is 0.912. The van der Waals surface area contributed by atoms with Crippen LogP contribution in [0.25, 0.3) is 11.1 Å². The highest BCUT2D eigenvalue weighted by atomic mass is 32.2. The van der Waals surface area contributed by atoms with Crippen LogP contribution in [0.3, 0.4) is 0 Å². The second-order valence-electron chi connectivity index (χ2n) is 5.46. The number of benzene rings is 2. The minimum atomic E-state index is -3.31. The number of hydrogen-bond acceptors (Lipinski definition) is 3. The number of hydrogen-bond donors (Lipinski definition) is 2. The van der Waals surface area contributed by atoms with Crippen molar-refractivity contribution in [1.29, 1.82) is 0 Å². The van der Waals surface area contributed by atoms with Gasteiger partial charge in [0.15, 0.2) is 0 Å².